The lowest BCUT2D eigenvalue weighted by molar-refractivity contribution is 2.11. The van der Waals surface area contributed by atoms with E-state index in [0.717, 1.165) is 4.49 Å². The first kappa shape index (κ1) is 4.31. The van der Waals surface area contributed by atoms with Crippen LogP contribution in [0.4, 0.5) is 0 Å². The van der Waals surface area contributed by atoms with Gasteiger partial charge in [-0.3, -0.25) is 0 Å². The summed E-state index contributed by atoms with van der Waals surface area (Å²) in [7, 11) is 3.04. The topological polar surface area (TPSA) is 0 Å². The monoisotopic (exact) mass is 87.0 g/mol. The van der Waals surface area contributed by atoms with Crippen LogP contribution in [-0.2, 0) is 0 Å². The Morgan fingerprint density at radius 2 is 2.00 bits per heavy atom. The maximum Gasteiger partial charge on any atom is 0.0809 e. The maximum atomic E-state index is 4.45. The van der Waals surface area contributed by atoms with Crippen molar-refractivity contribution in [3.63, 3.8) is 0 Å². The average Bonchev–Trinajstić information content (AvgIpc) is 0.811. The molecule has 0 atom stereocenters. The van der Waals surface area contributed by atoms with Crippen LogP contribution in [0, 0.1) is 0 Å². The Bertz CT molecular complexity index is 29.0. The Morgan fingerprint density at radius 1 is 2.00 bits per heavy atom. The highest BCUT2D eigenvalue weighted by Gasteiger charge is 1.57. The third kappa shape index (κ3) is 41.8. The van der Waals surface area contributed by atoms with Crippen LogP contribution in [0.5, 0.6) is 0 Å². The van der Waals surface area contributed by atoms with Crippen molar-refractivity contribution < 1.29 is 0 Å². The molecule has 0 aliphatic heterocycles. The summed E-state index contributed by atoms with van der Waals surface area (Å²) in [6.07, 6.45) is 0. The SMILES string of the molecule is CC([Si])=S. The molecule has 0 amide bonds. The van der Waals surface area contributed by atoms with E-state index >= 15 is 0 Å². The molecule has 0 aromatic rings. The van der Waals surface area contributed by atoms with E-state index in [1.165, 1.54) is 0 Å². The van der Waals surface area contributed by atoms with Gasteiger partial charge in [-0.25, -0.2) is 0 Å². The van der Waals surface area contributed by atoms with Gasteiger partial charge in [0.2, 0.25) is 0 Å². The highest BCUT2D eigenvalue weighted by molar-refractivity contribution is 7.82. The number of hydrogen-bond acceptors (Lipinski definition) is 1. The molecule has 4 heavy (non-hydrogen) atoms. The van der Waals surface area contributed by atoms with E-state index in [9.17, 15) is 0 Å². The van der Waals surface area contributed by atoms with Gasteiger partial charge in [0.15, 0.2) is 0 Å². The van der Waals surface area contributed by atoms with Gasteiger partial charge in [0.05, 0.1) is 10.2 Å². The van der Waals surface area contributed by atoms with Gasteiger partial charge in [-0.2, -0.15) is 0 Å². The van der Waals surface area contributed by atoms with Gasteiger partial charge in [-0.15, -0.1) is 0 Å². The summed E-state index contributed by atoms with van der Waals surface area (Å²) < 4.78 is 0.806. The van der Waals surface area contributed by atoms with Gasteiger partial charge >= 0.3 is 0 Å². The molecule has 0 spiro atoms. The van der Waals surface area contributed by atoms with E-state index in [4.69, 9.17) is 0 Å². The Kier molecular flexibility index (Phi) is 1.73. The molecule has 0 saturated carbocycles. The first-order valence-electron chi connectivity index (χ1n) is 0.954. The fraction of sp³-hybridized carbons (Fsp3) is 0.500. The molecule has 0 aromatic heterocycles. The molecule has 0 aliphatic carbocycles. The molecule has 0 unspecified atom stereocenters. The van der Waals surface area contributed by atoms with Crippen LogP contribution in [-0.4, -0.2) is 14.7 Å². The molecule has 0 aromatic carbocycles. The van der Waals surface area contributed by atoms with Crippen molar-refractivity contribution in [1.29, 1.82) is 0 Å². The fourth-order valence-electron chi connectivity index (χ4n) is 0. The third-order valence-corrected chi connectivity index (χ3v) is 0. The lowest BCUT2D eigenvalue weighted by atomic mass is 11.0. The van der Waals surface area contributed by atoms with Crippen LogP contribution in [0.2, 0.25) is 0 Å². The van der Waals surface area contributed by atoms with Crippen molar-refractivity contribution in [2.45, 2.75) is 6.92 Å². The largest absolute Gasteiger partial charge is 0.0959 e. The van der Waals surface area contributed by atoms with Crippen LogP contribution >= 0.6 is 12.2 Å². The second-order valence-corrected chi connectivity index (χ2v) is 2.28. The van der Waals surface area contributed by atoms with Crippen molar-refractivity contribution in [3.05, 3.63) is 0 Å². The molecule has 21 valence electrons. The minimum atomic E-state index is 0.806. The minimum absolute atomic E-state index is 0.806. The van der Waals surface area contributed by atoms with Gasteiger partial charge in [0.25, 0.3) is 0 Å². The quantitative estimate of drug-likeness (QED) is 0.306. The Morgan fingerprint density at radius 3 is 2.00 bits per heavy atom. The van der Waals surface area contributed by atoms with E-state index in [2.05, 4.69) is 22.5 Å². The summed E-state index contributed by atoms with van der Waals surface area (Å²) in [5.41, 5.74) is 0. The molecule has 0 aliphatic rings. The van der Waals surface area contributed by atoms with E-state index in [1.54, 1.807) is 0 Å². The number of hydrogen-bond donors (Lipinski definition) is 0. The molecule has 0 saturated heterocycles. The first-order valence-corrected chi connectivity index (χ1v) is 1.86. The molecule has 3 radical (unpaired) electrons. The number of rotatable bonds is 0. The Labute approximate surface area is 34.6 Å². The summed E-state index contributed by atoms with van der Waals surface area (Å²) in [5, 5.41) is 0. The summed E-state index contributed by atoms with van der Waals surface area (Å²) in [6, 6.07) is 0. The maximum absolute atomic E-state index is 4.45. The van der Waals surface area contributed by atoms with Crippen LogP contribution in [0.25, 0.3) is 0 Å². The van der Waals surface area contributed by atoms with Gasteiger partial charge in [0.1, 0.15) is 0 Å². The van der Waals surface area contributed by atoms with Crippen molar-refractivity contribution in [2.75, 3.05) is 0 Å². The summed E-state index contributed by atoms with van der Waals surface area (Å²) in [4.78, 5) is 0. The summed E-state index contributed by atoms with van der Waals surface area (Å²) in [5.74, 6) is 0. The molecule has 2 heteroatoms. The van der Waals surface area contributed by atoms with Crippen LogP contribution in [0.1, 0.15) is 6.92 Å². The van der Waals surface area contributed by atoms with E-state index in [0.29, 0.717) is 0 Å². The van der Waals surface area contributed by atoms with Crippen LogP contribution < -0.4 is 0 Å². The Balaban J connectivity index is 2.80. The number of thiocarbonyl (C=S) groups is 1. The van der Waals surface area contributed by atoms with E-state index in [-0.39, 0.29) is 0 Å². The molecule has 0 bridgehead atoms. The zero-order chi connectivity index (χ0) is 3.58. The minimum Gasteiger partial charge on any atom is -0.0959 e. The fourth-order valence-corrected chi connectivity index (χ4v) is 0. The van der Waals surface area contributed by atoms with Gasteiger partial charge in [-0.05, 0) is 11.4 Å². The van der Waals surface area contributed by atoms with Crippen LogP contribution in [0.3, 0.4) is 0 Å². The molecular formula is C2H3SSi. The predicted octanol–water partition coefficient (Wildman–Crippen LogP) is 0.502. The second-order valence-electron chi connectivity index (χ2n) is 0.556. The smallest absolute Gasteiger partial charge is 0.0809 e. The van der Waals surface area contributed by atoms with Crippen molar-refractivity contribution in [1.82, 2.24) is 0 Å². The van der Waals surface area contributed by atoms with Crippen molar-refractivity contribution >= 4 is 26.9 Å². The zero-order valence-corrected chi connectivity index (χ0v) is 4.22. The molecule has 0 N–H and O–H groups in total. The second kappa shape index (κ2) is 1.61. The molecule has 0 nitrogen and oxygen atoms in total. The third-order valence-electron chi connectivity index (χ3n) is 0. The summed E-state index contributed by atoms with van der Waals surface area (Å²) in [6.45, 7) is 1.81. The molecular weight excluding hydrogens is 84.2 g/mol. The Hall–Kier alpha value is 0.307. The first-order chi connectivity index (χ1) is 1.73. The molecule has 0 heterocycles. The normalized spacial score (nSPS) is 6.50. The van der Waals surface area contributed by atoms with E-state index < -0.39 is 0 Å². The standard InChI is InChI=1S/C2H3SSi/c1-2(3)4/h1H3. The summed E-state index contributed by atoms with van der Waals surface area (Å²) >= 11 is 4.45. The zero-order valence-electron chi connectivity index (χ0n) is 2.41. The molecule has 0 rings (SSSR count). The van der Waals surface area contributed by atoms with Gasteiger partial charge in [0, 0.05) is 0 Å². The lowest BCUT2D eigenvalue weighted by Crippen LogP contribution is -1.75. The van der Waals surface area contributed by atoms with Crippen molar-refractivity contribution in [2.24, 2.45) is 0 Å². The average molecular weight is 87.2 g/mol. The van der Waals surface area contributed by atoms with Crippen LogP contribution in [0.15, 0.2) is 0 Å². The molecule has 0 fully saturated rings. The van der Waals surface area contributed by atoms with Crippen molar-refractivity contribution in [3.8, 4) is 0 Å². The predicted molar refractivity (Wildman–Crippen MR) is 24.0 cm³/mol. The highest BCUT2D eigenvalue weighted by atomic mass is 32.1. The van der Waals surface area contributed by atoms with Gasteiger partial charge < -0.3 is 0 Å². The highest BCUT2D eigenvalue weighted by Crippen LogP contribution is 1.53. The lowest BCUT2D eigenvalue weighted by Gasteiger charge is -1.60. The van der Waals surface area contributed by atoms with Gasteiger partial charge in [-0.1, -0.05) is 12.2 Å². The van der Waals surface area contributed by atoms with E-state index in [1.807, 2.05) is 6.92 Å².